The Kier molecular flexibility index (Phi) is 8.59. The zero-order chi connectivity index (χ0) is 17.1. The fraction of sp³-hybridized carbons (Fsp3) is 0.600. The summed E-state index contributed by atoms with van der Waals surface area (Å²) in [6, 6.07) is 0. The molecule has 0 saturated heterocycles. The van der Waals surface area contributed by atoms with Crippen molar-refractivity contribution in [2.24, 2.45) is 0 Å². The summed E-state index contributed by atoms with van der Waals surface area (Å²) >= 11 is 0. The van der Waals surface area contributed by atoms with Gasteiger partial charge in [-0.1, -0.05) is 0 Å². The second-order valence-electron chi connectivity index (χ2n) is 3.54. The van der Waals surface area contributed by atoms with Crippen molar-refractivity contribution < 1.29 is 38.9 Å². The molecule has 0 aliphatic heterocycles. The van der Waals surface area contributed by atoms with Crippen LogP contribution in [0, 0.1) is 0 Å². The van der Waals surface area contributed by atoms with Gasteiger partial charge < -0.3 is 19.7 Å². The van der Waals surface area contributed by atoms with Gasteiger partial charge >= 0.3 is 24.4 Å². The molecular formula is C10H18N4O8. The number of hydrogen-bond acceptors (Lipinski definition) is 6. The Morgan fingerprint density at radius 3 is 1.36 bits per heavy atom. The van der Waals surface area contributed by atoms with Crippen LogP contribution in [-0.2, 0) is 9.47 Å². The number of hydrogen-bond donors (Lipinski definition) is 4. The second kappa shape index (κ2) is 9.90. The number of ether oxygens (including phenoxy) is 2. The Morgan fingerprint density at radius 2 is 1.14 bits per heavy atom. The SMILES string of the molecule is CCOC(=O)N(CCN(NC(=O)O)C(=O)OCC)NC(=O)O. The molecule has 12 nitrogen and oxygen atoms in total. The highest BCUT2D eigenvalue weighted by molar-refractivity contribution is 5.74. The zero-order valence-corrected chi connectivity index (χ0v) is 12.1. The first-order valence-corrected chi connectivity index (χ1v) is 6.19. The summed E-state index contributed by atoms with van der Waals surface area (Å²) in [7, 11) is 0. The maximum absolute atomic E-state index is 11.5. The molecule has 0 saturated carbocycles. The molecule has 0 rings (SSSR count). The lowest BCUT2D eigenvalue weighted by molar-refractivity contribution is 0.0603. The summed E-state index contributed by atoms with van der Waals surface area (Å²) in [5, 5.41) is 18.4. The van der Waals surface area contributed by atoms with Gasteiger partial charge in [0.2, 0.25) is 0 Å². The Hall–Kier alpha value is -2.92. The fourth-order valence-electron chi connectivity index (χ4n) is 1.22. The number of carboxylic acid groups (broad SMARTS) is 2. The molecule has 4 amide bonds. The van der Waals surface area contributed by atoms with Crippen LogP contribution >= 0.6 is 0 Å². The third-order valence-corrected chi connectivity index (χ3v) is 1.98. The number of carbonyl (C=O) groups is 4. The van der Waals surface area contributed by atoms with Crippen molar-refractivity contribution in [3.05, 3.63) is 0 Å². The van der Waals surface area contributed by atoms with Crippen molar-refractivity contribution in [1.82, 2.24) is 20.9 Å². The minimum atomic E-state index is -1.53. The monoisotopic (exact) mass is 322 g/mol. The second-order valence-corrected chi connectivity index (χ2v) is 3.54. The van der Waals surface area contributed by atoms with Crippen LogP contribution < -0.4 is 10.9 Å². The molecule has 0 aromatic heterocycles. The van der Waals surface area contributed by atoms with Crippen LogP contribution in [0.1, 0.15) is 13.8 Å². The van der Waals surface area contributed by atoms with Crippen LogP contribution in [0.15, 0.2) is 0 Å². The summed E-state index contributed by atoms with van der Waals surface area (Å²) in [5.74, 6) is 0. The van der Waals surface area contributed by atoms with E-state index in [1.807, 2.05) is 0 Å². The first-order chi connectivity index (χ1) is 10.3. The van der Waals surface area contributed by atoms with Gasteiger partial charge in [0, 0.05) is 0 Å². The van der Waals surface area contributed by atoms with E-state index in [1.165, 1.54) is 13.8 Å². The molecule has 0 aliphatic rings. The number of nitrogens with zero attached hydrogens (tertiary/aromatic N) is 2. The van der Waals surface area contributed by atoms with Crippen molar-refractivity contribution in [2.45, 2.75) is 13.8 Å². The Balaban J connectivity index is 4.78. The van der Waals surface area contributed by atoms with E-state index in [4.69, 9.17) is 10.2 Å². The van der Waals surface area contributed by atoms with Gasteiger partial charge in [0.15, 0.2) is 0 Å². The van der Waals surface area contributed by atoms with Crippen LogP contribution in [0.2, 0.25) is 0 Å². The molecule has 0 aliphatic carbocycles. The number of carbonyl (C=O) groups excluding carboxylic acids is 2. The minimum Gasteiger partial charge on any atom is -0.464 e. The number of hydrazine groups is 2. The molecule has 0 heterocycles. The van der Waals surface area contributed by atoms with Gasteiger partial charge in [-0.05, 0) is 13.8 Å². The van der Waals surface area contributed by atoms with Crippen LogP contribution in [0.3, 0.4) is 0 Å². The van der Waals surface area contributed by atoms with Crippen molar-refractivity contribution >= 4 is 24.4 Å². The molecular weight excluding hydrogens is 304 g/mol. The zero-order valence-electron chi connectivity index (χ0n) is 12.1. The van der Waals surface area contributed by atoms with E-state index >= 15 is 0 Å². The normalized spacial score (nSPS) is 9.36. The van der Waals surface area contributed by atoms with Gasteiger partial charge in [0.25, 0.3) is 0 Å². The predicted molar refractivity (Wildman–Crippen MR) is 69.8 cm³/mol. The predicted octanol–water partition coefficient (Wildman–Crippen LogP) is 0.269. The molecule has 0 unspecified atom stereocenters. The average Bonchev–Trinajstić information content (AvgIpc) is 2.41. The third-order valence-electron chi connectivity index (χ3n) is 1.98. The van der Waals surface area contributed by atoms with Crippen molar-refractivity contribution in [3.63, 3.8) is 0 Å². The maximum atomic E-state index is 11.5. The van der Waals surface area contributed by atoms with E-state index in [0.717, 1.165) is 0 Å². The Bertz CT molecular complexity index is 378. The molecule has 4 N–H and O–H groups in total. The lowest BCUT2D eigenvalue weighted by Gasteiger charge is -2.25. The summed E-state index contributed by atoms with van der Waals surface area (Å²) < 4.78 is 9.23. The van der Waals surface area contributed by atoms with Gasteiger partial charge in [-0.25, -0.2) is 40.0 Å². The highest BCUT2D eigenvalue weighted by atomic mass is 16.6. The van der Waals surface area contributed by atoms with Crippen LogP contribution in [0.5, 0.6) is 0 Å². The molecule has 0 spiro atoms. The largest absolute Gasteiger partial charge is 0.464 e. The van der Waals surface area contributed by atoms with Gasteiger partial charge in [0.05, 0.1) is 26.3 Å². The Morgan fingerprint density at radius 1 is 0.818 bits per heavy atom. The van der Waals surface area contributed by atoms with Gasteiger partial charge in [-0.15, -0.1) is 0 Å². The minimum absolute atomic E-state index is 0.00555. The Labute approximate surface area is 125 Å². The first kappa shape index (κ1) is 19.1. The number of nitrogens with one attached hydrogen (secondary N) is 2. The standard InChI is InChI=1S/C10H18N4O8/c1-3-21-9(19)13(11-7(15)16)5-6-14(12-8(17)18)10(20)22-4-2/h11-12H,3-6H2,1-2H3,(H,15,16)(H,17,18). The van der Waals surface area contributed by atoms with Crippen molar-refractivity contribution in [3.8, 4) is 0 Å². The quantitative estimate of drug-likeness (QED) is 0.525. The van der Waals surface area contributed by atoms with Crippen molar-refractivity contribution in [1.29, 1.82) is 0 Å². The van der Waals surface area contributed by atoms with Gasteiger partial charge in [-0.2, -0.15) is 0 Å². The van der Waals surface area contributed by atoms with Gasteiger partial charge in [-0.3, -0.25) is 0 Å². The van der Waals surface area contributed by atoms with E-state index in [0.29, 0.717) is 10.0 Å². The molecule has 0 atom stereocenters. The van der Waals surface area contributed by atoms with E-state index in [2.05, 4.69) is 9.47 Å². The molecule has 0 aromatic carbocycles. The molecule has 22 heavy (non-hydrogen) atoms. The van der Waals surface area contributed by atoms with E-state index in [-0.39, 0.29) is 26.3 Å². The lowest BCUT2D eigenvalue weighted by atomic mass is 10.6. The third kappa shape index (κ3) is 7.62. The average molecular weight is 322 g/mol. The molecule has 0 bridgehead atoms. The van der Waals surface area contributed by atoms with E-state index < -0.39 is 24.4 Å². The summed E-state index contributed by atoms with van der Waals surface area (Å²) in [4.78, 5) is 44.2. The fourth-order valence-corrected chi connectivity index (χ4v) is 1.22. The number of rotatable bonds is 5. The molecule has 12 heteroatoms. The summed E-state index contributed by atoms with van der Waals surface area (Å²) in [6.45, 7) is 2.31. The van der Waals surface area contributed by atoms with Crippen LogP contribution in [0.25, 0.3) is 0 Å². The molecule has 0 fully saturated rings. The van der Waals surface area contributed by atoms with Crippen LogP contribution in [-0.4, -0.2) is 70.9 Å². The smallest absolute Gasteiger partial charge is 0.428 e. The van der Waals surface area contributed by atoms with Crippen molar-refractivity contribution in [2.75, 3.05) is 26.3 Å². The van der Waals surface area contributed by atoms with Gasteiger partial charge in [0.1, 0.15) is 0 Å². The van der Waals surface area contributed by atoms with Crippen LogP contribution in [0.4, 0.5) is 19.2 Å². The van der Waals surface area contributed by atoms with E-state index in [9.17, 15) is 19.2 Å². The van der Waals surface area contributed by atoms with E-state index in [1.54, 1.807) is 10.9 Å². The lowest BCUT2D eigenvalue weighted by Crippen LogP contribution is -2.53. The number of amides is 4. The molecule has 0 aromatic rings. The molecule has 0 radical (unpaired) electrons. The topological polar surface area (TPSA) is 158 Å². The summed E-state index contributed by atoms with van der Waals surface area (Å²) in [6.07, 6.45) is -5.04. The molecule has 126 valence electrons. The summed E-state index contributed by atoms with van der Waals surface area (Å²) in [5.41, 5.74) is 3.53. The maximum Gasteiger partial charge on any atom is 0.428 e. The first-order valence-electron chi connectivity index (χ1n) is 6.19. The highest BCUT2D eigenvalue weighted by Crippen LogP contribution is 1.95. The highest BCUT2D eigenvalue weighted by Gasteiger charge is 2.22.